The lowest BCUT2D eigenvalue weighted by atomic mass is 9.82. The maximum Gasteiger partial charge on any atom is 0.0858 e. The van der Waals surface area contributed by atoms with Gasteiger partial charge in [-0.05, 0) is 47.2 Å². The van der Waals surface area contributed by atoms with Crippen molar-refractivity contribution in [2.75, 3.05) is 0 Å². The van der Waals surface area contributed by atoms with Gasteiger partial charge in [0.2, 0.25) is 0 Å². The lowest BCUT2D eigenvalue weighted by molar-refractivity contribution is 0.131. The average molecular weight is 363 g/mol. The second kappa shape index (κ2) is 8.84. The lowest BCUT2D eigenvalue weighted by Gasteiger charge is -2.26. The Labute approximate surface area is 160 Å². The van der Waals surface area contributed by atoms with Gasteiger partial charge in [0, 0.05) is 10.9 Å². The van der Waals surface area contributed by atoms with Crippen molar-refractivity contribution in [1.82, 2.24) is 0 Å². The van der Waals surface area contributed by atoms with E-state index in [9.17, 15) is 5.11 Å². The highest BCUT2D eigenvalue weighted by Crippen LogP contribution is 2.36. The summed E-state index contributed by atoms with van der Waals surface area (Å²) in [5, 5.41) is 11.7. The van der Waals surface area contributed by atoms with Gasteiger partial charge in [-0.25, -0.2) is 0 Å². The Morgan fingerprint density at radius 1 is 0.846 bits per heavy atom. The standard InChI is InChI=1S/C24H23ClO/c1-18(20-10-6-3-7-11-20)23(17-12-19-8-4-2-5-9-19)24(26)21-13-15-22(25)16-14-21/h2-11,13-16,23-24,26H,1,12,17H2/t23-,24-/m0/s1. The Hall–Kier alpha value is -2.35. The molecule has 132 valence electrons. The van der Waals surface area contributed by atoms with Crippen LogP contribution >= 0.6 is 11.6 Å². The van der Waals surface area contributed by atoms with E-state index in [1.165, 1.54) is 5.56 Å². The Morgan fingerprint density at radius 2 is 1.42 bits per heavy atom. The van der Waals surface area contributed by atoms with Crippen LogP contribution in [0.2, 0.25) is 5.02 Å². The van der Waals surface area contributed by atoms with Crippen LogP contribution in [0.25, 0.3) is 5.57 Å². The van der Waals surface area contributed by atoms with Crippen LogP contribution in [-0.4, -0.2) is 5.11 Å². The van der Waals surface area contributed by atoms with E-state index in [-0.39, 0.29) is 5.92 Å². The van der Waals surface area contributed by atoms with Crippen LogP contribution in [0.4, 0.5) is 0 Å². The molecule has 0 aliphatic carbocycles. The molecule has 0 saturated heterocycles. The largest absolute Gasteiger partial charge is 0.388 e. The molecular weight excluding hydrogens is 340 g/mol. The summed E-state index contributed by atoms with van der Waals surface area (Å²) in [4.78, 5) is 0. The number of aryl methyl sites for hydroxylation is 1. The van der Waals surface area contributed by atoms with Gasteiger partial charge in [0.1, 0.15) is 0 Å². The molecule has 3 aromatic carbocycles. The first-order valence-electron chi connectivity index (χ1n) is 8.87. The molecule has 2 heteroatoms. The van der Waals surface area contributed by atoms with Crippen LogP contribution in [-0.2, 0) is 6.42 Å². The summed E-state index contributed by atoms with van der Waals surface area (Å²) in [5.74, 6) is -0.0706. The van der Waals surface area contributed by atoms with Crippen molar-refractivity contribution in [1.29, 1.82) is 0 Å². The van der Waals surface area contributed by atoms with E-state index >= 15 is 0 Å². The van der Waals surface area contributed by atoms with E-state index in [0.717, 1.165) is 29.5 Å². The summed E-state index contributed by atoms with van der Waals surface area (Å²) in [7, 11) is 0. The number of hydrogen-bond acceptors (Lipinski definition) is 1. The van der Waals surface area contributed by atoms with E-state index in [2.05, 4.69) is 18.7 Å². The van der Waals surface area contributed by atoms with Gasteiger partial charge in [-0.15, -0.1) is 0 Å². The fourth-order valence-corrected chi connectivity index (χ4v) is 3.37. The summed E-state index contributed by atoms with van der Waals surface area (Å²) in [6, 6.07) is 27.9. The number of halogens is 1. The molecule has 1 N–H and O–H groups in total. The van der Waals surface area contributed by atoms with Gasteiger partial charge >= 0.3 is 0 Å². The number of aliphatic hydroxyl groups excluding tert-OH is 1. The Morgan fingerprint density at radius 3 is 2.04 bits per heavy atom. The zero-order valence-corrected chi connectivity index (χ0v) is 15.4. The number of aliphatic hydroxyl groups is 1. The SMILES string of the molecule is C=C(c1ccccc1)[C@H](CCc1ccccc1)[C@@H](O)c1ccc(Cl)cc1. The molecule has 3 rings (SSSR count). The van der Waals surface area contributed by atoms with Gasteiger partial charge in [-0.2, -0.15) is 0 Å². The monoisotopic (exact) mass is 362 g/mol. The maximum absolute atomic E-state index is 11.1. The molecule has 0 fully saturated rings. The van der Waals surface area contributed by atoms with Gasteiger partial charge in [-0.1, -0.05) is 91.0 Å². The first-order chi connectivity index (χ1) is 12.6. The minimum absolute atomic E-state index is 0.0706. The third-order valence-electron chi connectivity index (χ3n) is 4.77. The van der Waals surface area contributed by atoms with Gasteiger partial charge in [0.15, 0.2) is 0 Å². The normalized spacial score (nSPS) is 13.2. The van der Waals surface area contributed by atoms with E-state index in [4.69, 9.17) is 11.6 Å². The summed E-state index contributed by atoms with van der Waals surface area (Å²) in [6.07, 6.45) is 1.09. The molecule has 0 radical (unpaired) electrons. The Balaban J connectivity index is 1.85. The molecule has 2 atom stereocenters. The molecule has 0 amide bonds. The average Bonchev–Trinajstić information content (AvgIpc) is 2.70. The highest BCUT2D eigenvalue weighted by molar-refractivity contribution is 6.30. The molecule has 3 aromatic rings. The molecule has 0 aliphatic rings. The van der Waals surface area contributed by atoms with Crippen LogP contribution in [0.3, 0.4) is 0 Å². The van der Waals surface area contributed by atoms with Crippen molar-refractivity contribution in [2.24, 2.45) is 5.92 Å². The van der Waals surface area contributed by atoms with Crippen molar-refractivity contribution < 1.29 is 5.11 Å². The molecule has 0 heterocycles. The highest BCUT2D eigenvalue weighted by atomic mass is 35.5. The molecule has 26 heavy (non-hydrogen) atoms. The predicted molar refractivity (Wildman–Crippen MR) is 110 cm³/mol. The minimum Gasteiger partial charge on any atom is -0.388 e. The molecule has 1 nitrogen and oxygen atoms in total. The summed E-state index contributed by atoms with van der Waals surface area (Å²) < 4.78 is 0. The van der Waals surface area contributed by atoms with Crippen molar-refractivity contribution >= 4 is 17.2 Å². The topological polar surface area (TPSA) is 20.2 Å². The quantitative estimate of drug-likeness (QED) is 0.520. The van der Waals surface area contributed by atoms with E-state index in [1.807, 2.05) is 72.8 Å². The number of hydrogen-bond donors (Lipinski definition) is 1. The van der Waals surface area contributed by atoms with Crippen LogP contribution in [0, 0.1) is 5.92 Å². The molecule has 0 unspecified atom stereocenters. The first kappa shape index (κ1) is 18.4. The fourth-order valence-electron chi connectivity index (χ4n) is 3.25. The molecule has 0 aromatic heterocycles. The smallest absolute Gasteiger partial charge is 0.0858 e. The van der Waals surface area contributed by atoms with Gasteiger partial charge in [0.25, 0.3) is 0 Å². The summed E-state index contributed by atoms with van der Waals surface area (Å²) in [5.41, 5.74) is 4.16. The zero-order chi connectivity index (χ0) is 18.4. The Bertz CT molecular complexity index is 825. The first-order valence-corrected chi connectivity index (χ1v) is 9.24. The fraction of sp³-hybridized carbons (Fsp3) is 0.167. The van der Waals surface area contributed by atoms with Gasteiger partial charge in [-0.3, -0.25) is 0 Å². The third kappa shape index (κ3) is 4.63. The van der Waals surface area contributed by atoms with Crippen LogP contribution in [0.15, 0.2) is 91.5 Å². The van der Waals surface area contributed by atoms with Crippen molar-refractivity contribution in [3.05, 3.63) is 113 Å². The highest BCUT2D eigenvalue weighted by Gasteiger charge is 2.24. The van der Waals surface area contributed by atoms with Crippen LogP contribution < -0.4 is 0 Å². The van der Waals surface area contributed by atoms with E-state index in [0.29, 0.717) is 5.02 Å². The second-order valence-electron chi connectivity index (χ2n) is 6.52. The maximum atomic E-state index is 11.1. The van der Waals surface area contributed by atoms with Crippen molar-refractivity contribution in [3.63, 3.8) is 0 Å². The zero-order valence-electron chi connectivity index (χ0n) is 14.7. The molecule has 0 aliphatic heterocycles. The van der Waals surface area contributed by atoms with E-state index < -0.39 is 6.10 Å². The molecule has 0 saturated carbocycles. The number of rotatable bonds is 7. The third-order valence-corrected chi connectivity index (χ3v) is 5.02. The van der Waals surface area contributed by atoms with Gasteiger partial charge < -0.3 is 5.11 Å². The lowest BCUT2D eigenvalue weighted by Crippen LogP contribution is -2.15. The predicted octanol–water partition coefficient (Wildman–Crippen LogP) is 6.34. The van der Waals surface area contributed by atoms with E-state index in [1.54, 1.807) is 0 Å². The van der Waals surface area contributed by atoms with Gasteiger partial charge in [0.05, 0.1) is 6.10 Å². The number of benzene rings is 3. The van der Waals surface area contributed by atoms with Crippen LogP contribution in [0.1, 0.15) is 29.2 Å². The summed E-state index contributed by atoms with van der Waals surface area (Å²) in [6.45, 7) is 4.32. The second-order valence-corrected chi connectivity index (χ2v) is 6.95. The van der Waals surface area contributed by atoms with Crippen LogP contribution in [0.5, 0.6) is 0 Å². The minimum atomic E-state index is -0.622. The van der Waals surface area contributed by atoms with Crippen molar-refractivity contribution in [2.45, 2.75) is 18.9 Å². The summed E-state index contributed by atoms with van der Waals surface area (Å²) >= 11 is 6.00. The Kier molecular flexibility index (Phi) is 6.27. The molecular formula is C24H23ClO. The molecule has 0 bridgehead atoms. The van der Waals surface area contributed by atoms with Crippen molar-refractivity contribution in [3.8, 4) is 0 Å². The molecule has 0 spiro atoms.